The van der Waals surface area contributed by atoms with Gasteiger partial charge in [0.15, 0.2) is 0 Å². The average Bonchev–Trinajstić information content (AvgIpc) is 2.98. The first-order chi connectivity index (χ1) is 10.6. The first-order valence-electron chi connectivity index (χ1n) is 8.01. The lowest BCUT2D eigenvalue weighted by atomic mass is 9.95. The Morgan fingerprint density at radius 1 is 1.36 bits per heavy atom. The number of hydrogen-bond donors (Lipinski definition) is 2. The van der Waals surface area contributed by atoms with Crippen molar-refractivity contribution in [3.05, 3.63) is 35.6 Å². The molecule has 0 aliphatic heterocycles. The molecule has 2 rings (SSSR count). The second-order valence-electron chi connectivity index (χ2n) is 6.19. The number of nitrogens with zero attached hydrogens (tertiary/aromatic N) is 1. The van der Waals surface area contributed by atoms with Crippen LogP contribution in [0.1, 0.15) is 24.8 Å². The van der Waals surface area contributed by atoms with Crippen LogP contribution in [0.2, 0.25) is 0 Å². The van der Waals surface area contributed by atoms with Crippen LogP contribution in [0.5, 0.6) is 0 Å². The minimum atomic E-state index is -0.218. The molecule has 3 N–H and O–H groups in total. The molecule has 1 aliphatic carbocycles. The standard InChI is InChI=1S/C17H26FN3O/c1-21(12-13-5-7-15(18)8-6-13)10-9-20-17(22)16-4-2-3-14(16)11-19/h5-8,14,16H,2-4,9-12,19H2,1H3,(H,20,22)/t14-,16-/m1/s1. The summed E-state index contributed by atoms with van der Waals surface area (Å²) in [5.74, 6) is 0.358. The van der Waals surface area contributed by atoms with E-state index in [2.05, 4.69) is 10.2 Å². The lowest BCUT2D eigenvalue weighted by Crippen LogP contribution is -2.38. The fraction of sp³-hybridized carbons (Fsp3) is 0.588. The summed E-state index contributed by atoms with van der Waals surface area (Å²) in [6, 6.07) is 6.51. The summed E-state index contributed by atoms with van der Waals surface area (Å²) in [5, 5.41) is 3.02. The third-order valence-electron chi connectivity index (χ3n) is 4.46. The molecule has 4 nitrogen and oxygen atoms in total. The van der Waals surface area contributed by atoms with Crippen LogP contribution in [-0.4, -0.2) is 37.5 Å². The lowest BCUT2D eigenvalue weighted by molar-refractivity contribution is -0.126. The summed E-state index contributed by atoms with van der Waals surface area (Å²) in [6.45, 7) is 2.74. The Morgan fingerprint density at radius 2 is 2.09 bits per heavy atom. The molecule has 2 atom stereocenters. The molecule has 1 aliphatic rings. The molecule has 0 radical (unpaired) electrons. The van der Waals surface area contributed by atoms with Gasteiger partial charge in [0.1, 0.15) is 5.82 Å². The van der Waals surface area contributed by atoms with Crippen molar-refractivity contribution in [2.75, 3.05) is 26.7 Å². The van der Waals surface area contributed by atoms with E-state index in [1.807, 2.05) is 7.05 Å². The van der Waals surface area contributed by atoms with Crippen LogP contribution in [0, 0.1) is 17.7 Å². The van der Waals surface area contributed by atoms with Crippen LogP contribution in [-0.2, 0) is 11.3 Å². The van der Waals surface area contributed by atoms with E-state index < -0.39 is 0 Å². The molecule has 1 fully saturated rings. The Labute approximate surface area is 131 Å². The number of halogens is 1. The highest BCUT2D eigenvalue weighted by Gasteiger charge is 2.31. The summed E-state index contributed by atoms with van der Waals surface area (Å²) < 4.78 is 12.9. The summed E-state index contributed by atoms with van der Waals surface area (Å²) in [4.78, 5) is 14.3. The Kier molecular flexibility index (Phi) is 6.34. The van der Waals surface area contributed by atoms with Gasteiger partial charge in [0, 0.05) is 25.6 Å². The van der Waals surface area contributed by atoms with E-state index in [0.29, 0.717) is 19.0 Å². The number of carbonyl (C=O) groups is 1. The van der Waals surface area contributed by atoms with Crippen molar-refractivity contribution >= 4 is 5.91 Å². The summed E-state index contributed by atoms with van der Waals surface area (Å²) >= 11 is 0. The monoisotopic (exact) mass is 307 g/mol. The van der Waals surface area contributed by atoms with Crippen molar-refractivity contribution in [3.63, 3.8) is 0 Å². The largest absolute Gasteiger partial charge is 0.355 e. The molecule has 0 saturated heterocycles. The van der Waals surface area contributed by atoms with Gasteiger partial charge < -0.3 is 16.0 Å². The predicted molar refractivity (Wildman–Crippen MR) is 85.6 cm³/mol. The predicted octanol–water partition coefficient (Wildman–Crippen LogP) is 1.75. The van der Waals surface area contributed by atoms with E-state index in [1.54, 1.807) is 12.1 Å². The summed E-state index contributed by atoms with van der Waals surface area (Å²) in [5.41, 5.74) is 6.78. The van der Waals surface area contributed by atoms with Gasteiger partial charge in [-0.05, 0) is 50.0 Å². The van der Waals surface area contributed by atoms with Crippen molar-refractivity contribution in [1.82, 2.24) is 10.2 Å². The van der Waals surface area contributed by atoms with Gasteiger partial charge in [-0.15, -0.1) is 0 Å². The molecule has 5 heteroatoms. The highest BCUT2D eigenvalue weighted by Crippen LogP contribution is 2.30. The minimum Gasteiger partial charge on any atom is -0.355 e. The lowest BCUT2D eigenvalue weighted by Gasteiger charge is -2.20. The van der Waals surface area contributed by atoms with Gasteiger partial charge in [0.05, 0.1) is 0 Å². The smallest absolute Gasteiger partial charge is 0.223 e. The number of hydrogen-bond acceptors (Lipinski definition) is 3. The molecule has 0 aromatic heterocycles. The van der Waals surface area contributed by atoms with Crippen molar-refractivity contribution in [3.8, 4) is 0 Å². The number of benzene rings is 1. The molecular weight excluding hydrogens is 281 g/mol. The van der Waals surface area contributed by atoms with Crippen LogP contribution in [0.3, 0.4) is 0 Å². The highest BCUT2D eigenvalue weighted by molar-refractivity contribution is 5.79. The fourth-order valence-corrected chi connectivity index (χ4v) is 3.15. The van der Waals surface area contributed by atoms with Crippen molar-refractivity contribution in [2.24, 2.45) is 17.6 Å². The maximum atomic E-state index is 12.9. The van der Waals surface area contributed by atoms with Crippen LogP contribution < -0.4 is 11.1 Å². The third kappa shape index (κ3) is 4.78. The van der Waals surface area contributed by atoms with Crippen LogP contribution in [0.4, 0.5) is 4.39 Å². The second kappa shape index (κ2) is 8.25. The van der Waals surface area contributed by atoms with Crippen LogP contribution >= 0.6 is 0 Å². The Balaban J connectivity index is 1.69. The highest BCUT2D eigenvalue weighted by atomic mass is 19.1. The maximum Gasteiger partial charge on any atom is 0.223 e. The fourth-order valence-electron chi connectivity index (χ4n) is 3.15. The van der Waals surface area contributed by atoms with Gasteiger partial charge >= 0.3 is 0 Å². The quantitative estimate of drug-likeness (QED) is 0.807. The van der Waals surface area contributed by atoms with E-state index >= 15 is 0 Å². The zero-order chi connectivity index (χ0) is 15.9. The van der Waals surface area contributed by atoms with Gasteiger partial charge in [-0.1, -0.05) is 18.6 Å². The van der Waals surface area contributed by atoms with Gasteiger partial charge in [0.25, 0.3) is 0 Å². The average molecular weight is 307 g/mol. The molecule has 1 amide bonds. The van der Waals surface area contributed by atoms with E-state index in [-0.39, 0.29) is 17.6 Å². The van der Waals surface area contributed by atoms with Crippen LogP contribution in [0.15, 0.2) is 24.3 Å². The van der Waals surface area contributed by atoms with E-state index in [9.17, 15) is 9.18 Å². The molecule has 0 spiro atoms. The first kappa shape index (κ1) is 16.9. The molecule has 0 unspecified atom stereocenters. The SMILES string of the molecule is CN(CCNC(=O)[C@@H]1CCC[C@@H]1CN)Cc1ccc(F)cc1. The van der Waals surface area contributed by atoms with E-state index in [0.717, 1.165) is 37.9 Å². The zero-order valence-corrected chi connectivity index (χ0v) is 13.2. The normalized spacial score (nSPS) is 21.3. The Hall–Kier alpha value is -1.46. The van der Waals surface area contributed by atoms with Crippen LogP contribution in [0.25, 0.3) is 0 Å². The van der Waals surface area contributed by atoms with E-state index in [4.69, 9.17) is 5.73 Å². The van der Waals surface area contributed by atoms with Gasteiger partial charge in [-0.3, -0.25) is 4.79 Å². The molecule has 1 saturated carbocycles. The molecule has 122 valence electrons. The van der Waals surface area contributed by atoms with Gasteiger partial charge in [-0.25, -0.2) is 4.39 Å². The number of nitrogens with two attached hydrogens (primary N) is 1. The Morgan fingerprint density at radius 3 is 2.77 bits per heavy atom. The number of likely N-dealkylation sites (N-methyl/N-ethyl adjacent to an activating group) is 1. The molecule has 22 heavy (non-hydrogen) atoms. The molecule has 0 heterocycles. The number of carbonyl (C=O) groups excluding carboxylic acids is 1. The first-order valence-corrected chi connectivity index (χ1v) is 8.01. The van der Waals surface area contributed by atoms with Crippen molar-refractivity contribution in [2.45, 2.75) is 25.8 Å². The third-order valence-corrected chi connectivity index (χ3v) is 4.46. The number of nitrogens with one attached hydrogen (secondary N) is 1. The second-order valence-corrected chi connectivity index (χ2v) is 6.19. The van der Waals surface area contributed by atoms with Gasteiger partial charge in [-0.2, -0.15) is 0 Å². The summed E-state index contributed by atoms with van der Waals surface area (Å²) in [6.07, 6.45) is 3.13. The Bertz CT molecular complexity index is 477. The number of amides is 1. The number of rotatable bonds is 7. The van der Waals surface area contributed by atoms with E-state index in [1.165, 1.54) is 12.1 Å². The topological polar surface area (TPSA) is 58.4 Å². The minimum absolute atomic E-state index is 0.0902. The van der Waals surface area contributed by atoms with Crippen molar-refractivity contribution in [1.29, 1.82) is 0 Å². The van der Waals surface area contributed by atoms with Crippen molar-refractivity contribution < 1.29 is 9.18 Å². The molecule has 1 aromatic carbocycles. The molecule has 0 bridgehead atoms. The molecular formula is C17H26FN3O. The summed E-state index contributed by atoms with van der Waals surface area (Å²) in [7, 11) is 1.99. The van der Waals surface area contributed by atoms with Gasteiger partial charge in [0.2, 0.25) is 5.91 Å². The maximum absolute atomic E-state index is 12.9. The molecule has 1 aromatic rings. The zero-order valence-electron chi connectivity index (χ0n) is 13.2.